The number of carbonyl (C=O) groups is 1. The highest BCUT2D eigenvalue weighted by Crippen LogP contribution is 2.26. The number of carbonyl (C=O) groups excluding carboxylic acids is 1. The number of aryl methyl sites for hydroxylation is 1. The molecular weight excluding hydrogens is 410 g/mol. The summed E-state index contributed by atoms with van der Waals surface area (Å²) in [7, 11) is -3.44. The molecule has 6 nitrogen and oxygen atoms in total. The molecule has 1 amide bonds. The van der Waals surface area contributed by atoms with E-state index in [1.165, 1.54) is 17.3 Å². The van der Waals surface area contributed by atoms with Crippen LogP contribution >= 0.6 is 0 Å². The van der Waals surface area contributed by atoms with Crippen LogP contribution in [0.5, 0.6) is 0 Å². The van der Waals surface area contributed by atoms with Crippen LogP contribution in [0, 0.1) is 5.92 Å². The second-order valence-electron chi connectivity index (χ2n) is 8.64. The number of aromatic nitrogens is 1. The molecule has 0 radical (unpaired) electrons. The molecule has 166 valence electrons. The topological polar surface area (TPSA) is 70.6 Å². The number of piperidine rings is 1. The van der Waals surface area contributed by atoms with Gasteiger partial charge in [-0.2, -0.15) is 4.31 Å². The zero-order valence-corrected chi connectivity index (χ0v) is 18.8. The molecule has 31 heavy (non-hydrogen) atoms. The molecule has 0 saturated carbocycles. The van der Waals surface area contributed by atoms with Gasteiger partial charge in [0.2, 0.25) is 15.9 Å². The Morgan fingerprint density at radius 3 is 2.29 bits per heavy atom. The fourth-order valence-electron chi connectivity index (χ4n) is 4.55. The van der Waals surface area contributed by atoms with Crippen LogP contribution in [0.15, 0.2) is 53.7 Å². The summed E-state index contributed by atoms with van der Waals surface area (Å²) < 4.78 is 27.1. The van der Waals surface area contributed by atoms with Gasteiger partial charge >= 0.3 is 0 Å². The average molecular weight is 442 g/mol. The Bertz CT molecular complexity index is 963. The number of sulfonamides is 1. The SMILES string of the molecule is O=C(CCc1ccc(CC2CCN(S(=O)(=O)c3cccnc3)CC2)cc1)N1CCCC1. The molecule has 1 aromatic heterocycles. The van der Waals surface area contributed by atoms with Crippen molar-refractivity contribution in [3.8, 4) is 0 Å². The molecule has 0 atom stereocenters. The van der Waals surface area contributed by atoms with Crippen LogP contribution in [0.1, 0.15) is 43.2 Å². The minimum Gasteiger partial charge on any atom is -0.343 e. The lowest BCUT2D eigenvalue weighted by molar-refractivity contribution is -0.130. The quantitative estimate of drug-likeness (QED) is 0.661. The summed E-state index contributed by atoms with van der Waals surface area (Å²) in [4.78, 5) is 18.4. The first kappa shape index (κ1) is 22.0. The van der Waals surface area contributed by atoms with E-state index in [4.69, 9.17) is 0 Å². The Hall–Kier alpha value is -2.25. The molecule has 3 heterocycles. The van der Waals surface area contributed by atoms with Crippen molar-refractivity contribution < 1.29 is 13.2 Å². The maximum Gasteiger partial charge on any atom is 0.244 e. The molecule has 2 saturated heterocycles. The van der Waals surface area contributed by atoms with Crippen molar-refractivity contribution in [1.82, 2.24) is 14.2 Å². The van der Waals surface area contributed by atoms with E-state index in [-0.39, 0.29) is 10.8 Å². The first-order chi connectivity index (χ1) is 15.0. The van der Waals surface area contributed by atoms with Crippen LogP contribution in [-0.4, -0.2) is 54.7 Å². The van der Waals surface area contributed by atoms with Crippen molar-refractivity contribution in [3.05, 3.63) is 59.9 Å². The van der Waals surface area contributed by atoms with E-state index in [0.717, 1.165) is 51.6 Å². The molecule has 0 spiro atoms. The van der Waals surface area contributed by atoms with Crippen molar-refractivity contribution in [2.24, 2.45) is 5.92 Å². The van der Waals surface area contributed by atoms with Gasteiger partial charge in [0.05, 0.1) is 0 Å². The van der Waals surface area contributed by atoms with Gasteiger partial charge in [-0.25, -0.2) is 8.42 Å². The number of likely N-dealkylation sites (tertiary alicyclic amines) is 1. The highest BCUT2D eigenvalue weighted by molar-refractivity contribution is 7.89. The Morgan fingerprint density at radius 1 is 0.968 bits per heavy atom. The molecule has 4 rings (SSSR count). The van der Waals surface area contributed by atoms with E-state index in [1.54, 1.807) is 22.6 Å². The van der Waals surface area contributed by atoms with Crippen LogP contribution < -0.4 is 0 Å². The van der Waals surface area contributed by atoms with E-state index in [0.29, 0.717) is 25.4 Å². The molecule has 0 N–H and O–H groups in total. The van der Waals surface area contributed by atoms with Crippen LogP contribution in [0.3, 0.4) is 0 Å². The molecule has 2 fully saturated rings. The maximum absolute atomic E-state index is 12.7. The van der Waals surface area contributed by atoms with Gasteiger partial charge < -0.3 is 4.90 Å². The number of benzene rings is 1. The minimum atomic E-state index is -3.44. The summed E-state index contributed by atoms with van der Waals surface area (Å²) in [5.74, 6) is 0.762. The Balaban J connectivity index is 1.24. The summed E-state index contributed by atoms with van der Waals surface area (Å²) in [5, 5.41) is 0. The number of nitrogens with zero attached hydrogens (tertiary/aromatic N) is 3. The van der Waals surface area contributed by atoms with Crippen LogP contribution in [0.4, 0.5) is 0 Å². The molecule has 0 aliphatic carbocycles. The van der Waals surface area contributed by atoms with Gasteiger partial charge in [-0.3, -0.25) is 9.78 Å². The van der Waals surface area contributed by atoms with Gasteiger partial charge in [-0.15, -0.1) is 0 Å². The first-order valence-corrected chi connectivity index (χ1v) is 12.7. The monoisotopic (exact) mass is 441 g/mol. The van der Waals surface area contributed by atoms with E-state index >= 15 is 0 Å². The standard InChI is InChI=1S/C24H31N3O3S/c28-24(26-14-1-2-15-26)10-9-20-5-7-21(8-6-20)18-22-11-16-27(17-12-22)31(29,30)23-4-3-13-25-19-23/h3-8,13,19,22H,1-2,9-12,14-18H2. The molecule has 2 aromatic rings. The Morgan fingerprint density at radius 2 is 1.65 bits per heavy atom. The summed E-state index contributed by atoms with van der Waals surface area (Å²) in [6.45, 7) is 2.94. The summed E-state index contributed by atoms with van der Waals surface area (Å²) in [6.07, 6.45) is 9.35. The maximum atomic E-state index is 12.7. The van der Waals surface area contributed by atoms with E-state index < -0.39 is 10.0 Å². The first-order valence-electron chi connectivity index (χ1n) is 11.3. The Kier molecular flexibility index (Phi) is 7.02. The van der Waals surface area contributed by atoms with Crippen molar-refractivity contribution in [2.75, 3.05) is 26.2 Å². The minimum absolute atomic E-state index is 0.271. The molecule has 7 heteroatoms. The molecule has 0 unspecified atom stereocenters. The summed E-state index contributed by atoms with van der Waals surface area (Å²) in [6, 6.07) is 11.9. The van der Waals surface area contributed by atoms with Gasteiger partial charge in [0.15, 0.2) is 0 Å². The fourth-order valence-corrected chi connectivity index (χ4v) is 5.99. The number of rotatable bonds is 7. The molecular formula is C24H31N3O3S. The predicted molar refractivity (Wildman–Crippen MR) is 120 cm³/mol. The van der Waals surface area contributed by atoms with Crippen molar-refractivity contribution in [2.45, 2.75) is 49.8 Å². The smallest absolute Gasteiger partial charge is 0.244 e. The second kappa shape index (κ2) is 9.92. The van der Waals surface area contributed by atoms with Gasteiger partial charge in [-0.1, -0.05) is 24.3 Å². The fraction of sp³-hybridized carbons (Fsp3) is 0.500. The normalized spacial score (nSPS) is 18.4. The van der Waals surface area contributed by atoms with E-state index in [1.807, 2.05) is 4.90 Å². The lowest BCUT2D eigenvalue weighted by atomic mass is 9.90. The number of pyridine rings is 1. The average Bonchev–Trinajstić information content (AvgIpc) is 3.35. The third-order valence-corrected chi connectivity index (χ3v) is 8.36. The van der Waals surface area contributed by atoms with Crippen LogP contribution in [0.25, 0.3) is 0 Å². The number of hydrogen-bond acceptors (Lipinski definition) is 4. The lowest BCUT2D eigenvalue weighted by Gasteiger charge is -2.31. The zero-order chi connectivity index (χ0) is 21.7. The van der Waals surface area contributed by atoms with Gasteiger partial charge in [0.1, 0.15) is 4.90 Å². The van der Waals surface area contributed by atoms with Gasteiger partial charge in [0, 0.05) is 45.0 Å². The third-order valence-electron chi connectivity index (χ3n) is 6.48. The number of amides is 1. The summed E-state index contributed by atoms with van der Waals surface area (Å²) >= 11 is 0. The van der Waals surface area contributed by atoms with Gasteiger partial charge in [-0.05, 0) is 67.7 Å². The lowest BCUT2D eigenvalue weighted by Crippen LogP contribution is -2.38. The highest BCUT2D eigenvalue weighted by Gasteiger charge is 2.29. The van der Waals surface area contributed by atoms with Crippen molar-refractivity contribution in [1.29, 1.82) is 0 Å². The Labute approximate surface area is 185 Å². The largest absolute Gasteiger partial charge is 0.343 e. The van der Waals surface area contributed by atoms with Crippen molar-refractivity contribution in [3.63, 3.8) is 0 Å². The number of hydrogen-bond donors (Lipinski definition) is 0. The molecule has 0 bridgehead atoms. The van der Waals surface area contributed by atoms with E-state index in [2.05, 4.69) is 29.2 Å². The van der Waals surface area contributed by atoms with Crippen molar-refractivity contribution >= 4 is 15.9 Å². The van der Waals surface area contributed by atoms with Crippen LogP contribution in [-0.2, 0) is 27.7 Å². The van der Waals surface area contributed by atoms with Gasteiger partial charge in [0.25, 0.3) is 0 Å². The second-order valence-corrected chi connectivity index (χ2v) is 10.6. The zero-order valence-electron chi connectivity index (χ0n) is 17.9. The van der Waals surface area contributed by atoms with E-state index in [9.17, 15) is 13.2 Å². The third kappa shape index (κ3) is 5.52. The summed E-state index contributed by atoms with van der Waals surface area (Å²) in [5.41, 5.74) is 2.48. The molecule has 2 aliphatic rings. The molecule has 1 aromatic carbocycles. The highest BCUT2D eigenvalue weighted by atomic mass is 32.2. The molecule has 2 aliphatic heterocycles. The predicted octanol–water partition coefficient (Wildman–Crippen LogP) is 3.28. The van der Waals surface area contributed by atoms with Crippen LogP contribution in [0.2, 0.25) is 0 Å².